The minimum absolute atomic E-state index is 0.00353. The van der Waals surface area contributed by atoms with Crippen molar-refractivity contribution in [2.45, 2.75) is 12.5 Å². The summed E-state index contributed by atoms with van der Waals surface area (Å²) in [6, 6.07) is 7.04. The molecule has 2 N–H and O–H groups in total. The van der Waals surface area contributed by atoms with Gasteiger partial charge in [0.25, 0.3) is 0 Å². The Morgan fingerprint density at radius 2 is 2.00 bits per heavy atom. The van der Waals surface area contributed by atoms with Crippen molar-refractivity contribution in [2.75, 3.05) is 6.54 Å². The van der Waals surface area contributed by atoms with Crippen LogP contribution in [-0.4, -0.2) is 17.6 Å². The van der Waals surface area contributed by atoms with Crippen molar-refractivity contribution in [1.29, 1.82) is 0 Å². The van der Waals surface area contributed by atoms with E-state index >= 15 is 0 Å². The second kappa shape index (κ2) is 6.81. The number of thiophene rings is 1. The second-order valence-electron chi connectivity index (χ2n) is 4.94. The van der Waals surface area contributed by atoms with E-state index in [1.54, 1.807) is 19.1 Å². The van der Waals surface area contributed by atoms with Crippen LogP contribution in [0.2, 0.25) is 0 Å². The van der Waals surface area contributed by atoms with E-state index in [9.17, 15) is 18.7 Å². The number of nitrogens with one attached hydrogen (secondary N) is 1. The summed E-state index contributed by atoms with van der Waals surface area (Å²) in [5, 5.41) is 14.6. The van der Waals surface area contributed by atoms with Gasteiger partial charge in [-0.25, -0.2) is 8.78 Å². The van der Waals surface area contributed by atoms with Crippen molar-refractivity contribution in [3.8, 4) is 0 Å². The van der Waals surface area contributed by atoms with Crippen molar-refractivity contribution < 1.29 is 18.7 Å². The van der Waals surface area contributed by atoms with Gasteiger partial charge >= 0.3 is 0 Å². The van der Waals surface area contributed by atoms with Gasteiger partial charge in [-0.2, -0.15) is 0 Å². The highest BCUT2D eigenvalue weighted by molar-refractivity contribution is 7.10. The number of aliphatic hydroxyl groups is 1. The molecule has 0 saturated heterocycles. The average molecular weight is 323 g/mol. The minimum atomic E-state index is -1.19. The van der Waals surface area contributed by atoms with Crippen LogP contribution in [0.1, 0.15) is 17.4 Å². The molecule has 0 radical (unpaired) electrons. The molecule has 0 fully saturated rings. The summed E-state index contributed by atoms with van der Waals surface area (Å²) in [4.78, 5) is 12.4. The number of halogens is 2. The zero-order valence-electron chi connectivity index (χ0n) is 11.8. The van der Waals surface area contributed by atoms with Crippen molar-refractivity contribution >= 4 is 23.3 Å². The SMILES string of the molecule is CC(O)(CNC(=O)C=Cc1c(F)cccc1F)c1cccs1. The van der Waals surface area contributed by atoms with Crippen LogP contribution in [0.3, 0.4) is 0 Å². The molecule has 0 saturated carbocycles. The molecule has 6 heteroatoms. The summed E-state index contributed by atoms with van der Waals surface area (Å²) in [6.07, 6.45) is 2.10. The van der Waals surface area contributed by atoms with Crippen LogP contribution in [0, 0.1) is 11.6 Å². The highest BCUT2D eigenvalue weighted by Crippen LogP contribution is 2.24. The monoisotopic (exact) mass is 323 g/mol. The van der Waals surface area contributed by atoms with Gasteiger partial charge in [-0.05, 0) is 36.6 Å². The minimum Gasteiger partial charge on any atom is -0.383 e. The fourth-order valence-corrected chi connectivity index (χ4v) is 2.61. The molecule has 0 bridgehead atoms. The van der Waals surface area contributed by atoms with E-state index in [1.807, 2.05) is 5.38 Å². The smallest absolute Gasteiger partial charge is 0.244 e. The third kappa shape index (κ3) is 3.99. The van der Waals surface area contributed by atoms with Gasteiger partial charge < -0.3 is 10.4 Å². The molecule has 0 aliphatic carbocycles. The van der Waals surface area contributed by atoms with E-state index in [0.717, 1.165) is 29.2 Å². The van der Waals surface area contributed by atoms with Crippen LogP contribution in [-0.2, 0) is 10.4 Å². The maximum absolute atomic E-state index is 13.4. The summed E-state index contributed by atoms with van der Waals surface area (Å²) in [5.74, 6) is -2.02. The number of carbonyl (C=O) groups excluding carboxylic acids is 1. The Bertz CT molecular complexity index is 661. The predicted molar refractivity (Wildman–Crippen MR) is 82.3 cm³/mol. The highest BCUT2D eigenvalue weighted by Gasteiger charge is 2.24. The van der Waals surface area contributed by atoms with E-state index in [-0.39, 0.29) is 12.1 Å². The Morgan fingerprint density at radius 1 is 1.32 bits per heavy atom. The molecule has 1 aromatic carbocycles. The lowest BCUT2D eigenvalue weighted by atomic mass is 10.1. The summed E-state index contributed by atoms with van der Waals surface area (Å²) in [6.45, 7) is 1.58. The zero-order chi connectivity index (χ0) is 16.2. The Hall–Kier alpha value is -2.05. The molecule has 0 aliphatic heterocycles. The van der Waals surface area contributed by atoms with Gasteiger partial charge in [0.05, 0.1) is 6.54 Å². The van der Waals surface area contributed by atoms with E-state index in [4.69, 9.17) is 0 Å². The van der Waals surface area contributed by atoms with Gasteiger partial charge in [-0.15, -0.1) is 11.3 Å². The van der Waals surface area contributed by atoms with Gasteiger partial charge in [-0.1, -0.05) is 12.1 Å². The molecule has 3 nitrogen and oxygen atoms in total. The van der Waals surface area contributed by atoms with Crippen LogP contribution >= 0.6 is 11.3 Å². The molecule has 1 atom stereocenters. The third-order valence-electron chi connectivity index (χ3n) is 3.06. The Morgan fingerprint density at radius 3 is 2.59 bits per heavy atom. The first-order valence-electron chi connectivity index (χ1n) is 6.56. The van der Waals surface area contributed by atoms with E-state index in [0.29, 0.717) is 0 Å². The van der Waals surface area contributed by atoms with Crippen LogP contribution in [0.25, 0.3) is 6.08 Å². The lowest BCUT2D eigenvalue weighted by Crippen LogP contribution is -2.37. The molecular weight excluding hydrogens is 308 g/mol. The lowest BCUT2D eigenvalue weighted by molar-refractivity contribution is -0.117. The first-order chi connectivity index (χ1) is 10.4. The van der Waals surface area contributed by atoms with Gasteiger partial charge in [0.2, 0.25) is 5.91 Å². The second-order valence-corrected chi connectivity index (χ2v) is 5.89. The molecule has 2 aromatic rings. The maximum atomic E-state index is 13.4. The molecule has 1 amide bonds. The Labute approximate surface area is 130 Å². The molecule has 1 unspecified atom stereocenters. The van der Waals surface area contributed by atoms with Gasteiger partial charge in [-0.3, -0.25) is 4.79 Å². The summed E-state index contributed by atoms with van der Waals surface area (Å²) in [7, 11) is 0. The average Bonchev–Trinajstić information content (AvgIpc) is 3.00. The van der Waals surface area contributed by atoms with Gasteiger partial charge in [0.15, 0.2) is 0 Å². The van der Waals surface area contributed by atoms with Crippen molar-refractivity contribution in [3.05, 3.63) is 63.9 Å². The topological polar surface area (TPSA) is 49.3 Å². The number of benzene rings is 1. The number of carbonyl (C=O) groups is 1. The largest absolute Gasteiger partial charge is 0.383 e. The number of rotatable bonds is 5. The third-order valence-corrected chi connectivity index (χ3v) is 4.18. The van der Waals surface area contributed by atoms with Crippen LogP contribution in [0.4, 0.5) is 8.78 Å². The van der Waals surface area contributed by atoms with Gasteiger partial charge in [0.1, 0.15) is 17.2 Å². The van der Waals surface area contributed by atoms with Crippen LogP contribution < -0.4 is 5.32 Å². The summed E-state index contributed by atoms with van der Waals surface area (Å²) >= 11 is 1.38. The highest BCUT2D eigenvalue weighted by atomic mass is 32.1. The lowest BCUT2D eigenvalue weighted by Gasteiger charge is -2.21. The normalized spacial score (nSPS) is 14.0. The fraction of sp³-hybridized carbons (Fsp3) is 0.188. The molecular formula is C16H15F2NO2S. The van der Waals surface area contributed by atoms with Crippen LogP contribution in [0.5, 0.6) is 0 Å². The molecule has 2 rings (SSSR count). The number of hydrogen-bond donors (Lipinski definition) is 2. The van der Waals surface area contributed by atoms with Gasteiger partial charge in [0, 0.05) is 16.5 Å². The molecule has 0 aliphatic rings. The van der Waals surface area contributed by atoms with Crippen molar-refractivity contribution in [3.63, 3.8) is 0 Å². The maximum Gasteiger partial charge on any atom is 0.244 e. The van der Waals surface area contributed by atoms with E-state index in [1.165, 1.54) is 17.4 Å². The molecule has 0 spiro atoms. The van der Waals surface area contributed by atoms with Crippen molar-refractivity contribution in [2.24, 2.45) is 0 Å². The van der Waals surface area contributed by atoms with E-state index < -0.39 is 23.1 Å². The Kier molecular flexibility index (Phi) is 5.05. The standard InChI is InChI=1S/C16H15F2NO2S/c1-16(21,14-6-3-9-22-14)10-19-15(20)8-7-11-12(17)4-2-5-13(11)18/h2-9,21H,10H2,1H3,(H,19,20). The number of hydrogen-bond acceptors (Lipinski definition) is 3. The molecule has 116 valence electrons. The predicted octanol–water partition coefficient (Wildman–Crippen LogP) is 3.06. The Balaban J connectivity index is 1.97. The van der Waals surface area contributed by atoms with E-state index in [2.05, 4.69) is 5.32 Å². The van der Waals surface area contributed by atoms with Crippen molar-refractivity contribution in [1.82, 2.24) is 5.32 Å². The quantitative estimate of drug-likeness (QED) is 0.831. The zero-order valence-corrected chi connectivity index (χ0v) is 12.7. The molecule has 1 heterocycles. The first kappa shape index (κ1) is 16.3. The number of amides is 1. The first-order valence-corrected chi connectivity index (χ1v) is 7.44. The van der Waals surface area contributed by atoms with Crippen LogP contribution in [0.15, 0.2) is 41.8 Å². The molecule has 1 aromatic heterocycles. The summed E-state index contributed by atoms with van der Waals surface area (Å²) < 4.78 is 26.8. The fourth-order valence-electron chi connectivity index (χ4n) is 1.82. The summed E-state index contributed by atoms with van der Waals surface area (Å²) in [5.41, 5.74) is -1.47. The molecule has 22 heavy (non-hydrogen) atoms.